The number of carbonyl (C=O) groups is 2. The van der Waals surface area contributed by atoms with E-state index < -0.39 is 24.0 Å². The van der Waals surface area contributed by atoms with Gasteiger partial charge in [-0.05, 0) is 12.5 Å². The first-order valence-electron chi connectivity index (χ1n) is 4.86. The molecule has 1 aromatic carbocycles. The van der Waals surface area contributed by atoms with Crippen LogP contribution in [-0.4, -0.2) is 23.0 Å². The lowest BCUT2D eigenvalue weighted by Crippen LogP contribution is -2.42. The maximum Gasteiger partial charge on any atom is 0.330 e. The lowest BCUT2D eigenvalue weighted by atomic mass is 10.1. The highest BCUT2D eigenvalue weighted by atomic mass is 16.4. The third kappa shape index (κ3) is 3.06. The number of amides is 1. The molecule has 0 radical (unpaired) electrons. The van der Waals surface area contributed by atoms with Gasteiger partial charge in [0.25, 0.3) is 0 Å². The van der Waals surface area contributed by atoms with Gasteiger partial charge >= 0.3 is 5.97 Å². The molecule has 1 aromatic rings. The Kier molecular flexibility index (Phi) is 4.02. The Morgan fingerprint density at radius 2 is 1.88 bits per heavy atom. The predicted octanol–water partition coefficient (Wildman–Crippen LogP) is 0.276. The number of rotatable bonds is 4. The topological polar surface area (TPSA) is 92.4 Å². The molecule has 1 amide bonds. The van der Waals surface area contributed by atoms with E-state index in [2.05, 4.69) is 5.32 Å². The van der Waals surface area contributed by atoms with Gasteiger partial charge in [-0.3, -0.25) is 4.79 Å². The summed E-state index contributed by atoms with van der Waals surface area (Å²) in [6.45, 7) is 1.50. The van der Waals surface area contributed by atoms with Crippen molar-refractivity contribution in [2.75, 3.05) is 0 Å². The Labute approximate surface area is 93.3 Å². The Balaban J connectivity index is 2.85. The van der Waals surface area contributed by atoms with Crippen LogP contribution in [0.3, 0.4) is 0 Å². The molecule has 4 N–H and O–H groups in total. The number of benzene rings is 1. The quantitative estimate of drug-likeness (QED) is 0.682. The van der Waals surface area contributed by atoms with Crippen LogP contribution < -0.4 is 11.1 Å². The number of hydrogen-bond acceptors (Lipinski definition) is 3. The minimum atomic E-state index is -1.11. The van der Waals surface area contributed by atoms with E-state index in [1.54, 1.807) is 30.3 Å². The second-order valence-electron chi connectivity index (χ2n) is 3.48. The van der Waals surface area contributed by atoms with E-state index in [4.69, 9.17) is 10.8 Å². The second-order valence-corrected chi connectivity index (χ2v) is 3.48. The largest absolute Gasteiger partial charge is 0.479 e. The standard InChI is InChI=1S/C11H14N2O3/c1-7(12)10(14)13-9(11(15)16)8-5-3-2-4-6-8/h2-7,9H,12H2,1H3,(H,13,14)(H,15,16)/t7-,9?/m1/s1. The van der Waals surface area contributed by atoms with Crippen LogP contribution in [0.4, 0.5) is 0 Å². The molecule has 1 unspecified atom stereocenters. The van der Waals surface area contributed by atoms with Gasteiger partial charge in [-0.15, -0.1) is 0 Å². The lowest BCUT2D eigenvalue weighted by molar-refractivity contribution is -0.142. The summed E-state index contributed by atoms with van der Waals surface area (Å²) < 4.78 is 0. The number of carbonyl (C=O) groups excluding carboxylic acids is 1. The summed E-state index contributed by atoms with van der Waals surface area (Å²) in [7, 11) is 0. The molecule has 0 aliphatic carbocycles. The summed E-state index contributed by atoms with van der Waals surface area (Å²) >= 11 is 0. The number of carboxylic acid groups (broad SMARTS) is 1. The van der Waals surface area contributed by atoms with Gasteiger partial charge in [0.15, 0.2) is 6.04 Å². The van der Waals surface area contributed by atoms with E-state index >= 15 is 0 Å². The molecule has 0 saturated heterocycles. The summed E-state index contributed by atoms with van der Waals surface area (Å²) in [6.07, 6.45) is 0. The van der Waals surface area contributed by atoms with E-state index in [1.807, 2.05) is 0 Å². The zero-order valence-electron chi connectivity index (χ0n) is 8.88. The Bertz CT molecular complexity index is 376. The van der Waals surface area contributed by atoms with E-state index in [9.17, 15) is 9.59 Å². The molecular weight excluding hydrogens is 208 g/mol. The SMILES string of the molecule is C[C@@H](N)C(=O)NC(C(=O)O)c1ccccc1. The molecule has 0 spiro atoms. The summed E-state index contributed by atoms with van der Waals surface area (Å²) in [5.74, 6) is -1.60. The smallest absolute Gasteiger partial charge is 0.330 e. The first-order valence-corrected chi connectivity index (χ1v) is 4.86. The maximum absolute atomic E-state index is 11.3. The summed E-state index contributed by atoms with van der Waals surface area (Å²) in [5.41, 5.74) is 5.88. The van der Waals surface area contributed by atoms with Crippen LogP contribution >= 0.6 is 0 Å². The lowest BCUT2D eigenvalue weighted by Gasteiger charge is -2.16. The summed E-state index contributed by atoms with van der Waals surface area (Å²) in [5, 5.41) is 11.4. The van der Waals surface area contributed by atoms with Gasteiger partial charge in [0, 0.05) is 0 Å². The molecule has 0 bridgehead atoms. The van der Waals surface area contributed by atoms with Gasteiger partial charge in [0.2, 0.25) is 5.91 Å². The maximum atomic E-state index is 11.3. The summed E-state index contributed by atoms with van der Waals surface area (Å²) in [4.78, 5) is 22.3. The van der Waals surface area contributed by atoms with E-state index in [0.717, 1.165) is 0 Å². The van der Waals surface area contributed by atoms with Crippen molar-refractivity contribution >= 4 is 11.9 Å². The number of aliphatic carboxylic acids is 1. The molecule has 5 heteroatoms. The highest BCUT2D eigenvalue weighted by Gasteiger charge is 2.22. The fourth-order valence-corrected chi connectivity index (χ4v) is 1.21. The zero-order chi connectivity index (χ0) is 12.1. The van der Waals surface area contributed by atoms with Crippen LogP contribution in [-0.2, 0) is 9.59 Å². The molecule has 0 aromatic heterocycles. The number of carboxylic acids is 1. The van der Waals surface area contributed by atoms with Crippen molar-refractivity contribution in [1.82, 2.24) is 5.32 Å². The van der Waals surface area contributed by atoms with Crippen LogP contribution in [0.5, 0.6) is 0 Å². The van der Waals surface area contributed by atoms with Gasteiger partial charge in [-0.25, -0.2) is 4.79 Å². The van der Waals surface area contributed by atoms with Crippen LogP contribution in [0.15, 0.2) is 30.3 Å². The van der Waals surface area contributed by atoms with E-state index in [-0.39, 0.29) is 0 Å². The third-order valence-corrected chi connectivity index (χ3v) is 2.08. The molecular formula is C11H14N2O3. The van der Waals surface area contributed by atoms with Crippen LogP contribution in [0.2, 0.25) is 0 Å². The van der Waals surface area contributed by atoms with Crippen molar-refractivity contribution < 1.29 is 14.7 Å². The zero-order valence-corrected chi connectivity index (χ0v) is 8.88. The number of hydrogen-bond donors (Lipinski definition) is 3. The fourth-order valence-electron chi connectivity index (χ4n) is 1.21. The molecule has 0 aliphatic rings. The van der Waals surface area contributed by atoms with Crippen LogP contribution in [0, 0.1) is 0 Å². The average Bonchev–Trinajstić information content (AvgIpc) is 2.26. The van der Waals surface area contributed by atoms with E-state index in [0.29, 0.717) is 5.56 Å². The highest BCUT2D eigenvalue weighted by molar-refractivity contribution is 5.87. The monoisotopic (exact) mass is 222 g/mol. The second kappa shape index (κ2) is 5.27. The number of nitrogens with two attached hydrogens (primary N) is 1. The minimum Gasteiger partial charge on any atom is -0.479 e. The van der Waals surface area contributed by atoms with Gasteiger partial charge < -0.3 is 16.2 Å². The van der Waals surface area contributed by atoms with E-state index in [1.165, 1.54) is 6.92 Å². The molecule has 1 rings (SSSR count). The summed E-state index contributed by atoms with van der Waals surface area (Å²) in [6, 6.07) is 6.69. The molecule has 5 nitrogen and oxygen atoms in total. The van der Waals surface area contributed by atoms with Crippen LogP contribution in [0.25, 0.3) is 0 Å². The first kappa shape index (κ1) is 12.2. The van der Waals surface area contributed by atoms with Gasteiger partial charge in [-0.2, -0.15) is 0 Å². The molecule has 2 atom stereocenters. The normalized spacial score (nSPS) is 13.9. The molecule has 86 valence electrons. The molecule has 0 aliphatic heterocycles. The van der Waals surface area contributed by atoms with Crippen molar-refractivity contribution in [2.24, 2.45) is 5.73 Å². The number of nitrogens with one attached hydrogen (secondary N) is 1. The Morgan fingerprint density at radius 3 is 2.31 bits per heavy atom. The van der Waals surface area contributed by atoms with Gasteiger partial charge in [-0.1, -0.05) is 30.3 Å². The van der Waals surface area contributed by atoms with Crippen molar-refractivity contribution in [2.45, 2.75) is 19.0 Å². The fraction of sp³-hybridized carbons (Fsp3) is 0.273. The molecule has 0 fully saturated rings. The highest BCUT2D eigenvalue weighted by Crippen LogP contribution is 2.12. The average molecular weight is 222 g/mol. The van der Waals surface area contributed by atoms with Crippen LogP contribution in [0.1, 0.15) is 18.5 Å². The Morgan fingerprint density at radius 1 is 1.31 bits per heavy atom. The minimum absolute atomic E-state index is 0.490. The van der Waals surface area contributed by atoms with Crippen molar-refractivity contribution in [3.05, 3.63) is 35.9 Å². The van der Waals surface area contributed by atoms with Crippen molar-refractivity contribution in [3.63, 3.8) is 0 Å². The van der Waals surface area contributed by atoms with Gasteiger partial charge in [0.1, 0.15) is 0 Å². The molecule has 0 saturated carbocycles. The Hall–Kier alpha value is -1.88. The van der Waals surface area contributed by atoms with Crippen molar-refractivity contribution in [3.8, 4) is 0 Å². The third-order valence-electron chi connectivity index (χ3n) is 2.08. The first-order chi connectivity index (χ1) is 7.52. The molecule has 16 heavy (non-hydrogen) atoms. The van der Waals surface area contributed by atoms with Gasteiger partial charge in [0.05, 0.1) is 6.04 Å². The van der Waals surface area contributed by atoms with Crippen molar-refractivity contribution in [1.29, 1.82) is 0 Å². The predicted molar refractivity (Wildman–Crippen MR) is 58.6 cm³/mol. The molecule has 0 heterocycles.